The van der Waals surface area contributed by atoms with Crippen LogP contribution in [0.15, 0.2) is 30.3 Å². The lowest BCUT2D eigenvalue weighted by molar-refractivity contribution is -0.120. The topological polar surface area (TPSA) is 69.3 Å². The molecular formula is C22H30N2O5. The predicted octanol–water partition coefficient (Wildman–Crippen LogP) is 3.49. The number of carbonyl (C=O) groups is 1. The van der Waals surface area contributed by atoms with Gasteiger partial charge in [0.05, 0.1) is 34.5 Å². The van der Waals surface area contributed by atoms with Gasteiger partial charge >= 0.3 is 0 Å². The van der Waals surface area contributed by atoms with Crippen LogP contribution in [0.1, 0.15) is 18.1 Å². The van der Waals surface area contributed by atoms with Crippen LogP contribution in [0.5, 0.6) is 23.0 Å². The maximum atomic E-state index is 12.7. The highest BCUT2D eigenvalue weighted by Gasteiger charge is 2.20. The van der Waals surface area contributed by atoms with Crippen molar-refractivity contribution < 1.29 is 23.7 Å². The predicted molar refractivity (Wildman–Crippen MR) is 113 cm³/mol. The highest BCUT2D eigenvalue weighted by molar-refractivity contribution is 5.94. The van der Waals surface area contributed by atoms with Gasteiger partial charge in [0.25, 0.3) is 0 Å². The second-order valence-electron chi connectivity index (χ2n) is 6.78. The second-order valence-corrected chi connectivity index (χ2v) is 6.78. The fraction of sp³-hybridized carbons (Fsp3) is 0.409. The maximum absolute atomic E-state index is 12.7. The molecule has 7 heteroatoms. The second kappa shape index (κ2) is 10.0. The number of aryl methyl sites for hydroxylation is 1. The molecule has 2 aromatic carbocycles. The highest BCUT2D eigenvalue weighted by Crippen LogP contribution is 2.31. The Labute approximate surface area is 172 Å². The fourth-order valence-corrected chi connectivity index (χ4v) is 2.96. The Morgan fingerprint density at radius 3 is 2.07 bits per heavy atom. The average Bonchev–Trinajstić information content (AvgIpc) is 2.73. The van der Waals surface area contributed by atoms with E-state index in [2.05, 4.69) is 5.32 Å². The van der Waals surface area contributed by atoms with Crippen molar-refractivity contribution in [2.75, 3.05) is 40.8 Å². The molecule has 2 rings (SSSR count). The van der Waals surface area contributed by atoms with Crippen molar-refractivity contribution in [3.8, 4) is 23.0 Å². The van der Waals surface area contributed by atoms with E-state index in [0.717, 1.165) is 11.1 Å². The van der Waals surface area contributed by atoms with Crippen LogP contribution in [-0.2, 0) is 11.3 Å². The van der Waals surface area contributed by atoms with Crippen molar-refractivity contribution in [3.63, 3.8) is 0 Å². The van der Waals surface area contributed by atoms with Crippen LogP contribution in [0.2, 0.25) is 0 Å². The number of hydrogen-bond donors (Lipinski definition) is 1. The number of methoxy groups -OCH3 is 4. The number of rotatable bonds is 9. The largest absolute Gasteiger partial charge is 0.493 e. The standard InChI is InChI=1S/C22H30N2O5/c1-14-10-19(27-5)20(28-6)11-16(14)13-24(3)15(2)22(25)23-17-8-9-18(26-4)21(12-17)29-7/h8-12,15H,13H2,1-7H3,(H,23,25)/t15-/m0/s1. The molecule has 0 heterocycles. The highest BCUT2D eigenvalue weighted by atomic mass is 16.5. The lowest BCUT2D eigenvalue weighted by atomic mass is 10.1. The third-order valence-corrected chi connectivity index (χ3v) is 4.95. The molecule has 1 atom stereocenters. The Balaban J connectivity index is 2.10. The Bertz CT molecular complexity index is 853. The van der Waals surface area contributed by atoms with E-state index in [9.17, 15) is 4.79 Å². The molecule has 0 saturated carbocycles. The number of ether oxygens (including phenoxy) is 4. The molecule has 0 unspecified atom stereocenters. The van der Waals surface area contributed by atoms with Gasteiger partial charge in [-0.15, -0.1) is 0 Å². The SMILES string of the molecule is COc1ccc(NC(=O)[C@H](C)N(C)Cc2cc(OC)c(OC)cc2C)cc1OC. The Kier molecular flexibility index (Phi) is 7.73. The number of amides is 1. The Morgan fingerprint density at radius 1 is 0.931 bits per heavy atom. The quantitative estimate of drug-likeness (QED) is 0.693. The van der Waals surface area contributed by atoms with Gasteiger partial charge in [-0.05, 0) is 56.3 Å². The molecule has 1 N–H and O–H groups in total. The molecule has 0 radical (unpaired) electrons. The molecule has 0 saturated heterocycles. The third kappa shape index (κ3) is 5.32. The molecule has 29 heavy (non-hydrogen) atoms. The first-order valence-corrected chi connectivity index (χ1v) is 9.29. The number of hydrogen-bond acceptors (Lipinski definition) is 6. The summed E-state index contributed by atoms with van der Waals surface area (Å²) in [7, 11) is 8.27. The van der Waals surface area contributed by atoms with Crippen LogP contribution in [-0.4, -0.2) is 52.3 Å². The van der Waals surface area contributed by atoms with Gasteiger partial charge in [0.15, 0.2) is 23.0 Å². The van der Waals surface area contributed by atoms with Gasteiger partial charge in [-0.1, -0.05) is 0 Å². The van der Waals surface area contributed by atoms with E-state index in [1.807, 2.05) is 37.9 Å². The van der Waals surface area contributed by atoms with Crippen molar-refractivity contribution in [2.24, 2.45) is 0 Å². The molecular weight excluding hydrogens is 372 g/mol. The Hall–Kier alpha value is -2.93. The zero-order chi connectivity index (χ0) is 21.6. The average molecular weight is 402 g/mol. The summed E-state index contributed by atoms with van der Waals surface area (Å²) in [6.45, 7) is 4.47. The monoisotopic (exact) mass is 402 g/mol. The number of nitrogens with zero attached hydrogens (tertiary/aromatic N) is 1. The van der Waals surface area contributed by atoms with Gasteiger partial charge in [-0.3, -0.25) is 9.69 Å². The number of nitrogens with one attached hydrogen (secondary N) is 1. The van der Waals surface area contributed by atoms with Crippen LogP contribution in [0.4, 0.5) is 5.69 Å². The molecule has 0 fully saturated rings. The zero-order valence-corrected chi connectivity index (χ0v) is 18.2. The number of carbonyl (C=O) groups excluding carboxylic acids is 1. The fourth-order valence-electron chi connectivity index (χ4n) is 2.96. The van der Waals surface area contributed by atoms with Crippen LogP contribution >= 0.6 is 0 Å². The van der Waals surface area contributed by atoms with Gasteiger partial charge < -0.3 is 24.3 Å². The third-order valence-electron chi connectivity index (χ3n) is 4.95. The minimum atomic E-state index is -0.351. The minimum absolute atomic E-state index is 0.113. The molecule has 0 aliphatic carbocycles. The number of benzene rings is 2. The summed E-state index contributed by atoms with van der Waals surface area (Å²) >= 11 is 0. The normalized spacial score (nSPS) is 11.7. The first-order chi connectivity index (χ1) is 13.8. The van der Waals surface area contributed by atoms with E-state index in [-0.39, 0.29) is 11.9 Å². The zero-order valence-electron chi connectivity index (χ0n) is 18.2. The molecule has 0 aromatic heterocycles. The van der Waals surface area contributed by atoms with Gasteiger partial charge in [0, 0.05) is 18.3 Å². The number of anilines is 1. The summed E-state index contributed by atoms with van der Waals surface area (Å²) in [5.74, 6) is 2.42. The number of likely N-dealkylation sites (N-methyl/N-ethyl adjacent to an activating group) is 1. The molecule has 1 amide bonds. The maximum Gasteiger partial charge on any atom is 0.241 e. The van der Waals surface area contributed by atoms with Crippen LogP contribution < -0.4 is 24.3 Å². The molecule has 0 bridgehead atoms. The molecule has 0 aliphatic heterocycles. The first kappa shape index (κ1) is 22.4. The minimum Gasteiger partial charge on any atom is -0.493 e. The van der Waals surface area contributed by atoms with E-state index in [0.29, 0.717) is 35.2 Å². The van der Waals surface area contributed by atoms with E-state index in [1.165, 1.54) is 0 Å². The lowest BCUT2D eigenvalue weighted by Gasteiger charge is -2.25. The summed E-state index contributed by atoms with van der Waals surface area (Å²) in [5.41, 5.74) is 2.79. The van der Waals surface area contributed by atoms with E-state index < -0.39 is 0 Å². The molecule has 2 aromatic rings. The van der Waals surface area contributed by atoms with Crippen LogP contribution in [0.25, 0.3) is 0 Å². The summed E-state index contributed by atoms with van der Waals surface area (Å²) in [4.78, 5) is 14.7. The molecule has 0 spiro atoms. The summed E-state index contributed by atoms with van der Waals surface area (Å²) in [6.07, 6.45) is 0. The van der Waals surface area contributed by atoms with Crippen molar-refractivity contribution in [2.45, 2.75) is 26.4 Å². The van der Waals surface area contributed by atoms with Crippen molar-refractivity contribution in [3.05, 3.63) is 41.5 Å². The van der Waals surface area contributed by atoms with Crippen molar-refractivity contribution >= 4 is 11.6 Å². The summed E-state index contributed by atoms with van der Waals surface area (Å²) in [5, 5.41) is 2.93. The first-order valence-electron chi connectivity index (χ1n) is 9.29. The van der Waals surface area contributed by atoms with Crippen LogP contribution in [0, 0.1) is 6.92 Å². The lowest BCUT2D eigenvalue weighted by Crippen LogP contribution is -2.39. The van der Waals surface area contributed by atoms with E-state index >= 15 is 0 Å². The van der Waals surface area contributed by atoms with Gasteiger partial charge in [-0.2, -0.15) is 0 Å². The summed E-state index contributed by atoms with van der Waals surface area (Å²) in [6, 6.07) is 8.82. The van der Waals surface area contributed by atoms with Gasteiger partial charge in [0.1, 0.15) is 0 Å². The molecule has 7 nitrogen and oxygen atoms in total. The van der Waals surface area contributed by atoms with Crippen molar-refractivity contribution in [1.29, 1.82) is 0 Å². The summed E-state index contributed by atoms with van der Waals surface area (Å²) < 4.78 is 21.3. The Morgan fingerprint density at radius 2 is 1.48 bits per heavy atom. The van der Waals surface area contributed by atoms with Crippen molar-refractivity contribution in [1.82, 2.24) is 4.90 Å². The molecule has 158 valence electrons. The van der Waals surface area contributed by atoms with E-state index in [1.54, 1.807) is 46.6 Å². The van der Waals surface area contributed by atoms with Gasteiger partial charge in [-0.25, -0.2) is 0 Å². The van der Waals surface area contributed by atoms with E-state index in [4.69, 9.17) is 18.9 Å². The van der Waals surface area contributed by atoms with Crippen LogP contribution in [0.3, 0.4) is 0 Å². The smallest absolute Gasteiger partial charge is 0.241 e. The van der Waals surface area contributed by atoms with Gasteiger partial charge in [0.2, 0.25) is 5.91 Å². The molecule has 0 aliphatic rings.